The summed E-state index contributed by atoms with van der Waals surface area (Å²) in [6.45, 7) is 8.94. The van der Waals surface area contributed by atoms with Crippen LogP contribution >= 0.6 is 0 Å². The van der Waals surface area contributed by atoms with Crippen LogP contribution in [0.5, 0.6) is 0 Å². The Labute approximate surface area is 113 Å². The Bertz CT molecular complexity index is 330. The second-order valence-electron chi connectivity index (χ2n) is 4.97. The van der Waals surface area contributed by atoms with Crippen molar-refractivity contribution in [3.05, 3.63) is 34.9 Å². The van der Waals surface area contributed by atoms with Gasteiger partial charge in [0.15, 0.2) is 0 Å². The largest absolute Gasteiger partial charge is 0.317 e. The molecule has 102 valence electrons. The van der Waals surface area contributed by atoms with Crippen molar-refractivity contribution in [2.45, 2.75) is 59.3 Å². The maximum absolute atomic E-state index is 3.38. The summed E-state index contributed by atoms with van der Waals surface area (Å²) >= 11 is 0. The summed E-state index contributed by atoms with van der Waals surface area (Å²) in [5, 5.41) is 3.38. The van der Waals surface area contributed by atoms with Crippen LogP contribution in [0.2, 0.25) is 0 Å². The van der Waals surface area contributed by atoms with Gasteiger partial charge in [0, 0.05) is 0 Å². The molecule has 0 atom stereocenters. The summed E-state index contributed by atoms with van der Waals surface area (Å²) in [5.74, 6) is 0. The number of unbranched alkanes of at least 4 members (excludes halogenated alkanes) is 2. The Morgan fingerprint density at radius 3 is 2.33 bits per heavy atom. The molecule has 0 heterocycles. The molecule has 0 saturated carbocycles. The van der Waals surface area contributed by atoms with E-state index in [0.717, 1.165) is 19.4 Å². The molecule has 1 N–H and O–H groups in total. The van der Waals surface area contributed by atoms with Crippen molar-refractivity contribution >= 4 is 0 Å². The average molecular weight is 247 g/mol. The number of aryl methyl sites for hydroxylation is 3. The molecule has 0 spiro atoms. The normalized spacial score (nSPS) is 10.8. The third-order valence-electron chi connectivity index (χ3n) is 3.60. The van der Waals surface area contributed by atoms with Crippen LogP contribution in [-0.2, 0) is 19.3 Å². The van der Waals surface area contributed by atoms with Gasteiger partial charge in [-0.1, -0.05) is 45.4 Å². The van der Waals surface area contributed by atoms with Crippen LogP contribution in [-0.4, -0.2) is 13.1 Å². The highest BCUT2D eigenvalue weighted by Gasteiger charge is 2.01. The Kier molecular flexibility index (Phi) is 7.75. The molecule has 0 amide bonds. The van der Waals surface area contributed by atoms with Crippen molar-refractivity contribution in [2.75, 3.05) is 13.1 Å². The molecule has 0 aliphatic heterocycles. The minimum Gasteiger partial charge on any atom is -0.317 e. The van der Waals surface area contributed by atoms with Crippen molar-refractivity contribution in [1.29, 1.82) is 0 Å². The molecule has 0 aliphatic carbocycles. The summed E-state index contributed by atoms with van der Waals surface area (Å²) in [5.41, 5.74) is 4.59. The van der Waals surface area contributed by atoms with Crippen LogP contribution in [0, 0.1) is 0 Å². The summed E-state index contributed by atoms with van der Waals surface area (Å²) in [7, 11) is 0. The van der Waals surface area contributed by atoms with Gasteiger partial charge >= 0.3 is 0 Å². The molecular weight excluding hydrogens is 218 g/mol. The van der Waals surface area contributed by atoms with E-state index in [2.05, 4.69) is 44.3 Å². The zero-order chi connectivity index (χ0) is 13.2. The number of nitrogens with one attached hydrogen (secondary N) is 1. The van der Waals surface area contributed by atoms with Crippen molar-refractivity contribution < 1.29 is 0 Å². The van der Waals surface area contributed by atoms with Gasteiger partial charge in [0.25, 0.3) is 0 Å². The summed E-state index contributed by atoms with van der Waals surface area (Å²) in [6, 6.07) is 7.07. The second-order valence-corrected chi connectivity index (χ2v) is 4.97. The molecule has 0 fully saturated rings. The fourth-order valence-corrected chi connectivity index (χ4v) is 2.44. The zero-order valence-electron chi connectivity index (χ0n) is 12.4. The lowest BCUT2D eigenvalue weighted by atomic mass is 9.97. The minimum atomic E-state index is 1.10. The van der Waals surface area contributed by atoms with E-state index in [4.69, 9.17) is 0 Å². The van der Waals surface area contributed by atoms with E-state index in [1.165, 1.54) is 43.4 Å². The predicted molar refractivity (Wildman–Crippen MR) is 81.3 cm³/mol. The molecule has 0 unspecified atom stereocenters. The fraction of sp³-hybridized carbons (Fsp3) is 0.647. The van der Waals surface area contributed by atoms with Gasteiger partial charge < -0.3 is 5.32 Å². The van der Waals surface area contributed by atoms with Gasteiger partial charge in [0.05, 0.1) is 0 Å². The molecule has 1 aromatic rings. The van der Waals surface area contributed by atoms with Gasteiger partial charge in [0.1, 0.15) is 0 Å². The predicted octanol–water partition coefficient (Wildman–Crippen LogP) is 4.13. The summed E-state index contributed by atoms with van der Waals surface area (Å²) < 4.78 is 0. The summed E-state index contributed by atoms with van der Waals surface area (Å²) in [6.07, 6.45) is 7.53. The van der Waals surface area contributed by atoms with E-state index >= 15 is 0 Å². The van der Waals surface area contributed by atoms with Gasteiger partial charge in [-0.3, -0.25) is 0 Å². The van der Waals surface area contributed by atoms with Gasteiger partial charge in [-0.2, -0.15) is 0 Å². The second kappa shape index (κ2) is 9.16. The van der Waals surface area contributed by atoms with E-state index in [1.54, 1.807) is 5.56 Å². The molecule has 1 aromatic carbocycles. The van der Waals surface area contributed by atoms with Gasteiger partial charge in [-0.15, -0.1) is 0 Å². The van der Waals surface area contributed by atoms with E-state index in [0.29, 0.717) is 0 Å². The monoisotopic (exact) mass is 247 g/mol. The van der Waals surface area contributed by atoms with Crippen molar-refractivity contribution in [3.8, 4) is 0 Å². The first-order valence-electron chi connectivity index (χ1n) is 7.63. The smallest absolute Gasteiger partial charge is 0.00490 e. The Hall–Kier alpha value is -0.820. The highest BCUT2D eigenvalue weighted by Crippen LogP contribution is 2.15. The van der Waals surface area contributed by atoms with Crippen LogP contribution in [0.3, 0.4) is 0 Å². The van der Waals surface area contributed by atoms with E-state index < -0.39 is 0 Å². The van der Waals surface area contributed by atoms with Crippen molar-refractivity contribution in [2.24, 2.45) is 0 Å². The molecule has 18 heavy (non-hydrogen) atoms. The van der Waals surface area contributed by atoms with Crippen molar-refractivity contribution in [3.63, 3.8) is 0 Å². The number of rotatable bonds is 9. The topological polar surface area (TPSA) is 12.0 Å². The third-order valence-corrected chi connectivity index (χ3v) is 3.60. The molecule has 0 bridgehead atoms. The Morgan fingerprint density at radius 2 is 1.67 bits per heavy atom. The van der Waals surface area contributed by atoms with Crippen LogP contribution < -0.4 is 5.32 Å². The highest BCUT2D eigenvalue weighted by atomic mass is 14.8. The quantitative estimate of drug-likeness (QED) is 0.647. The standard InChI is InChI=1S/C17H29N/c1-4-16-12-11-15(14-17(16)5-2)10-8-7-9-13-18-6-3/h11-12,14,18H,4-10,13H2,1-3H3. The lowest BCUT2D eigenvalue weighted by Gasteiger charge is -2.09. The molecule has 1 rings (SSSR count). The third kappa shape index (κ3) is 5.22. The Balaban J connectivity index is 2.34. The molecule has 0 aliphatic rings. The molecule has 0 saturated heterocycles. The molecule has 0 aromatic heterocycles. The number of benzene rings is 1. The maximum Gasteiger partial charge on any atom is -0.00490 e. The SMILES string of the molecule is CCNCCCCCc1ccc(CC)c(CC)c1. The van der Waals surface area contributed by atoms with Gasteiger partial charge in [-0.05, 0) is 61.9 Å². The van der Waals surface area contributed by atoms with E-state index in [1.807, 2.05) is 0 Å². The van der Waals surface area contributed by atoms with Crippen LogP contribution in [0.4, 0.5) is 0 Å². The first-order valence-corrected chi connectivity index (χ1v) is 7.63. The molecule has 0 radical (unpaired) electrons. The molecular formula is C17H29N. The van der Waals surface area contributed by atoms with E-state index in [-0.39, 0.29) is 0 Å². The minimum absolute atomic E-state index is 1.10. The maximum atomic E-state index is 3.38. The zero-order valence-corrected chi connectivity index (χ0v) is 12.4. The van der Waals surface area contributed by atoms with Crippen LogP contribution in [0.25, 0.3) is 0 Å². The number of hydrogen-bond donors (Lipinski definition) is 1. The van der Waals surface area contributed by atoms with E-state index in [9.17, 15) is 0 Å². The summed E-state index contributed by atoms with van der Waals surface area (Å²) in [4.78, 5) is 0. The van der Waals surface area contributed by atoms with Crippen LogP contribution in [0.15, 0.2) is 18.2 Å². The first-order chi connectivity index (χ1) is 8.81. The highest BCUT2D eigenvalue weighted by molar-refractivity contribution is 5.32. The number of hydrogen-bond acceptors (Lipinski definition) is 1. The fourth-order valence-electron chi connectivity index (χ4n) is 2.44. The van der Waals surface area contributed by atoms with Crippen molar-refractivity contribution in [1.82, 2.24) is 5.32 Å². The Morgan fingerprint density at radius 1 is 0.889 bits per heavy atom. The average Bonchev–Trinajstić information content (AvgIpc) is 2.42. The lowest BCUT2D eigenvalue weighted by molar-refractivity contribution is 0.616. The first kappa shape index (κ1) is 15.2. The van der Waals surface area contributed by atoms with Crippen LogP contribution in [0.1, 0.15) is 56.7 Å². The van der Waals surface area contributed by atoms with Gasteiger partial charge in [-0.25, -0.2) is 0 Å². The molecule has 1 nitrogen and oxygen atoms in total. The van der Waals surface area contributed by atoms with Gasteiger partial charge in [0.2, 0.25) is 0 Å². The molecule has 1 heteroatoms. The lowest BCUT2D eigenvalue weighted by Crippen LogP contribution is -2.13.